The molecule has 0 unspecified atom stereocenters. The van der Waals surface area contributed by atoms with E-state index in [1.807, 2.05) is 28.7 Å². The number of hydrogen-bond acceptors (Lipinski definition) is 9. The van der Waals surface area contributed by atoms with Crippen LogP contribution in [-0.4, -0.2) is 19.9 Å². The van der Waals surface area contributed by atoms with Crippen molar-refractivity contribution in [2.45, 2.75) is 366 Å². The molecule has 0 radical (unpaired) electrons. The molecule has 0 spiro atoms. The van der Waals surface area contributed by atoms with Crippen molar-refractivity contribution in [2.24, 2.45) is 0 Å². The Hall–Kier alpha value is -6.42. The topological polar surface area (TPSA) is 91.0 Å². The summed E-state index contributed by atoms with van der Waals surface area (Å²) >= 11 is 3.64. The number of rotatable bonds is 0. The predicted octanol–water partition coefficient (Wildman–Crippen LogP) is 32.4. The van der Waals surface area contributed by atoms with Crippen LogP contribution in [0.15, 0.2) is 135 Å². The van der Waals surface area contributed by atoms with Crippen molar-refractivity contribution in [3.05, 3.63) is 188 Å². The van der Waals surface area contributed by atoms with Gasteiger partial charge in [0.1, 0.15) is 22.4 Å². The first-order chi connectivity index (χ1) is 44.6. The van der Waals surface area contributed by atoms with Gasteiger partial charge in [0.2, 0.25) is 11.8 Å². The standard InChI is InChI=1S/C16H22O.2C15H21NO.2C15H21NS.C14H22.7CH4/c1-15(2,3)12-7-8-13-11(9-12)10-14(17-13)16(4,5)6;1-14(2,3)10-7-8-12-11(9-10)16-13(17-12)15(4,5)6;1-14(2,3)10-7-8-11-12(9-10)17-13(16-11)15(4,5)6;1-14(2,3)10-7-8-12-11(9-10)16-13(17-12)15(4,5)6;1-14(2,3)10-7-8-11-12(9-10)17-13(16-11)15(4,5)6;1-13(2,3)11-7-9-12(10-8-11)14(4,5)6;;;;;;;/h7-10H,1-6H3;4*7-9H,1-6H3;7-10H,1-6H3;7*1H4. The Bertz CT molecular complexity index is 3780. The van der Waals surface area contributed by atoms with E-state index < -0.39 is 0 Å². The molecule has 0 N–H and O–H groups in total. The number of hydrogen-bond donors (Lipinski definition) is 0. The normalized spacial score (nSPS) is 12.4. The number of fused-ring (bicyclic) bond motifs is 5. The molecule has 0 aliphatic rings. The lowest BCUT2D eigenvalue weighted by Gasteiger charge is -2.23. The summed E-state index contributed by atoms with van der Waals surface area (Å²) in [4.78, 5) is 18.6. The molecule has 11 aromatic rings. The monoisotopic (exact) mass is 1490 g/mol. The molecule has 0 amide bonds. The Morgan fingerprint density at radius 1 is 0.217 bits per heavy atom. The molecule has 5 heterocycles. The average molecular weight is 1490 g/mol. The molecule has 0 atom stereocenters. The van der Waals surface area contributed by atoms with E-state index >= 15 is 0 Å². The van der Waals surface area contributed by atoms with Crippen LogP contribution in [-0.2, 0) is 65.0 Å². The summed E-state index contributed by atoms with van der Waals surface area (Å²) in [5.41, 5.74) is 18.1. The zero-order valence-electron chi connectivity index (χ0n) is 68.4. The quantitative estimate of drug-likeness (QED) is 0.149. The Kier molecular flexibility index (Phi) is 34.9. The zero-order valence-corrected chi connectivity index (χ0v) is 70.0. The fourth-order valence-electron chi connectivity index (χ4n) is 10.2. The van der Waals surface area contributed by atoms with Gasteiger partial charge in [-0.25, -0.2) is 19.9 Å². The van der Waals surface area contributed by atoms with Crippen LogP contribution in [0.3, 0.4) is 0 Å². The fourth-order valence-corrected chi connectivity index (χ4v) is 12.3. The van der Waals surface area contributed by atoms with Gasteiger partial charge < -0.3 is 13.3 Å². The highest BCUT2D eigenvalue weighted by molar-refractivity contribution is 7.19. The molecule has 7 nitrogen and oxygen atoms in total. The summed E-state index contributed by atoms with van der Waals surface area (Å²) in [6.07, 6.45) is 0. The van der Waals surface area contributed by atoms with Gasteiger partial charge in [-0.15, -0.1) is 22.7 Å². The van der Waals surface area contributed by atoms with Crippen molar-refractivity contribution in [3.8, 4) is 0 Å². The highest BCUT2D eigenvalue weighted by atomic mass is 32.1. The third-order valence-corrected chi connectivity index (χ3v) is 20.2. The van der Waals surface area contributed by atoms with Gasteiger partial charge in [0, 0.05) is 32.5 Å². The molecule has 0 bridgehead atoms. The molecule has 5 aromatic heterocycles. The molecule has 594 valence electrons. The van der Waals surface area contributed by atoms with Crippen molar-refractivity contribution in [1.29, 1.82) is 0 Å². The Morgan fingerprint density at radius 3 is 0.925 bits per heavy atom. The van der Waals surface area contributed by atoms with E-state index in [1.165, 1.54) is 63.7 Å². The number of thiazole rings is 2. The largest absolute Gasteiger partial charge is 0.461 e. The van der Waals surface area contributed by atoms with Gasteiger partial charge in [-0.05, 0) is 144 Å². The summed E-state index contributed by atoms with van der Waals surface area (Å²) in [5, 5.41) is 3.65. The number of benzene rings is 6. The van der Waals surface area contributed by atoms with E-state index in [2.05, 4.69) is 374 Å². The number of furan rings is 1. The minimum absolute atomic E-state index is 0. The Labute approximate surface area is 659 Å². The van der Waals surface area contributed by atoms with Crippen molar-refractivity contribution >= 4 is 76.3 Å². The van der Waals surface area contributed by atoms with Crippen molar-refractivity contribution < 1.29 is 13.3 Å². The molecule has 0 saturated heterocycles. The first-order valence-electron chi connectivity index (χ1n) is 35.9. The van der Waals surface area contributed by atoms with E-state index in [1.54, 1.807) is 0 Å². The predicted molar refractivity (Wildman–Crippen MR) is 481 cm³/mol. The molecule has 11 rings (SSSR count). The summed E-state index contributed by atoms with van der Waals surface area (Å²) in [6.45, 7) is 79.4. The molecule has 0 aliphatic heterocycles. The Balaban J connectivity index is 0. The summed E-state index contributed by atoms with van der Waals surface area (Å²) in [6, 6.07) is 43.6. The third kappa shape index (κ3) is 27.9. The van der Waals surface area contributed by atoms with Gasteiger partial charge in [-0.3, -0.25) is 0 Å². The van der Waals surface area contributed by atoms with Crippen molar-refractivity contribution in [1.82, 2.24) is 19.9 Å². The average Bonchev–Trinajstić information content (AvgIpc) is 1.63. The van der Waals surface area contributed by atoms with Gasteiger partial charge in [-0.2, -0.15) is 0 Å². The lowest BCUT2D eigenvalue weighted by atomic mass is 9.82. The highest BCUT2D eigenvalue weighted by Crippen LogP contribution is 2.39. The van der Waals surface area contributed by atoms with Crippen LogP contribution in [0.4, 0.5) is 0 Å². The number of oxazole rings is 2. The van der Waals surface area contributed by atoms with E-state index in [4.69, 9.17) is 23.2 Å². The summed E-state index contributed by atoms with van der Waals surface area (Å²) < 4.78 is 20.1. The van der Waals surface area contributed by atoms with Crippen LogP contribution in [0.25, 0.3) is 53.6 Å². The van der Waals surface area contributed by atoms with E-state index in [9.17, 15) is 0 Å². The first-order valence-corrected chi connectivity index (χ1v) is 37.6. The van der Waals surface area contributed by atoms with Crippen LogP contribution >= 0.6 is 22.7 Å². The van der Waals surface area contributed by atoms with Crippen LogP contribution in [0.2, 0.25) is 0 Å². The van der Waals surface area contributed by atoms with Crippen LogP contribution in [0.5, 0.6) is 0 Å². The second-order valence-electron chi connectivity index (χ2n) is 39.7. The van der Waals surface area contributed by atoms with Crippen molar-refractivity contribution in [3.63, 3.8) is 0 Å². The van der Waals surface area contributed by atoms with Gasteiger partial charge in [0.05, 0.1) is 30.4 Å². The third-order valence-electron chi connectivity index (χ3n) is 17.3. The molecule has 0 fully saturated rings. The SMILES string of the molecule is C.C.C.C.C.C.C.CC(C)(C)c1ccc(C(C)(C)C)cc1.CC(C)(C)c1ccc2nc(C(C)(C)C)oc2c1.CC(C)(C)c1ccc2nc(C(C)(C)C)sc2c1.CC(C)(C)c1ccc2oc(C(C)(C)C)cc2c1.CC(C)(C)c1ccc2oc(C(C)(C)C)nc2c1.CC(C)(C)c1ccc2sc(C(C)(C)C)nc2c1. The summed E-state index contributed by atoms with van der Waals surface area (Å²) in [5.74, 6) is 2.66. The van der Waals surface area contributed by atoms with E-state index in [0.29, 0.717) is 0 Å². The lowest BCUT2D eigenvalue weighted by molar-refractivity contribution is 0.410. The zero-order chi connectivity index (χ0) is 75.2. The van der Waals surface area contributed by atoms with Gasteiger partial charge in [0.25, 0.3) is 0 Å². The molecule has 106 heavy (non-hydrogen) atoms. The van der Waals surface area contributed by atoms with Gasteiger partial charge in [0.15, 0.2) is 11.2 Å². The van der Waals surface area contributed by atoms with Crippen LogP contribution < -0.4 is 0 Å². The van der Waals surface area contributed by atoms with Gasteiger partial charge >= 0.3 is 0 Å². The fraction of sp³-hybridized carbons (Fsp3) is 0.567. The maximum absolute atomic E-state index is 5.90. The first kappa shape index (κ1) is 102. The minimum Gasteiger partial charge on any atom is -0.461 e. The second kappa shape index (κ2) is 36.4. The van der Waals surface area contributed by atoms with Crippen LogP contribution in [0, 0.1) is 0 Å². The molecule has 9 heteroatoms. The maximum Gasteiger partial charge on any atom is 0.200 e. The van der Waals surface area contributed by atoms with E-state index in [-0.39, 0.29) is 117 Å². The summed E-state index contributed by atoms with van der Waals surface area (Å²) in [7, 11) is 0. The second-order valence-corrected chi connectivity index (χ2v) is 41.8. The van der Waals surface area contributed by atoms with Crippen LogP contribution in [0.1, 0.15) is 368 Å². The maximum atomic E-state index is 5.90. The number of nitrogens with zero attached hydrogens (tertiary/aromatic N) is 4. The smallest absolute Gasteiger partial charge is 0.200 e. The van der Waals surface area contributed by atoms with Gasteiger partial charge in [-0.1, -0.05) is 356 Å². The van der Waals surface area contributed by atoms with E-state index in [0.717, 1.165) is 56.4 Å². The molecule has 6 aromatic carbocycles. The molecular formula is C97H156N4O3S2. The molecule has 0 saturated carbocycles. The lowest BCUT2D eigenvalue weighted by Crippen LogP contribution is -2.14. The van der Waals surface area contributed by atoms with Crippen molar-refractivity contribution in [2.75, 3.05) is 0 Å². The highest BCUT2D eigenvalue weighted by Gasteiger charge is 2.27. The minimum atomic E-state index is -0.0408. The Morgan fingerprint density at radius 2 is 0.528 bits per heavy atom. The number of aromatic nitrogens is 4. The molecular weight excluding hydrogens is 1330 g/mol. The molecule has 0 aliphatic carbocycles.